The number of para-hydroxylation sites is 1. The van der Waals surface area contributed by atoms with Crippen molar-refractivity contribution in [1.29, 1.82) is 0 Å². The quantitative estimate of drug-likeness (QED) is 0.873. The van der Waals surface area contributed by atoms with E-state index in [1.807, 2.05) is 24.0 Å². The topological polar surface area (TPSA) is 45.7 Å². The van der Waals surface area contributed by atoms with E-state index in [9.17, 15) is 4.79 Å². The molecule has 2 heterocycles. The largest absolute Gasteiger partial charge is 0.494 e. The maximum atomic E-state index is 11.7. The maximum Gasteiger partial charge on any atom is 0.222 e. The summed E-state index contributed by atoms with van der Waals surface area (Å²) in [5.41, 5.74) is 0.923. The maximum absolute atomic E-state index is 11.7. The number of fused-ring (bicyclic) bond motifs is 1. The molecular weight excluding hydrogens is 286 g/mol. The molecule has 21 heavy (non-hydrogen) atoms. The zero-order valence-corrected chi connectivity index (χ0v) is 13.2. The number of piperazine rings is 1. The Morgan fingerprint density at radius 1 is 1.33 bits per heavy atom. The predicted octanol–water partition coefficient (Wildman–Crippen LogP) is 2.36. The highest BCUT2D eigenvalue weighted by Gasteiger charge is 2.22. The van der Waals surface area contributed by atoms with E-state index < -0.39 is 0 Å². The molecule has 2 aromatic rings. The van der Waals surface area contributed by atoms with Crippen molar-refractivity contribution in [3.63, 3.8) is 0 Å². The molecule has 0 radical (unpaired) electrons. The van der Waals surface area contributed by atoms with Gasteiger partial charge in [0.05, 0.1) is 11.8 Å². The van der Waals surface area contributed by atoms with E-state index in [0.29, 0.717) is 6.42 Å². The van der Waals surface area contributed by atoms with E-state index in [-0.39, 0.29) is 5.91 Å². The summed E-state index contributed by atoms with van der Waals surface area (Å²) in [5.74, 6) is 1.05. The molecule has 1 aliphatic rings. The van der Waals surface area contributed by atoms with Crippen LogP contribution in [0.2, 0.25) is 0 Å². The summed E-state index contributed by atoms with van der Waals surface area (Å²) in [4.78, 5) is 20.6. The molecule has 6 heteroatoms. The van der Waals surface area contributed by atoms with Crippen LogP contribution in [-0.4, -0.2) is 49.1 Å². The van der Waals surface area contributed by atoms with Gasteiger partial charge in [-0.25, -0.2) is 4.98 Å². The number of thiazole rings is 1. The second-order valence-corrected chi connectivity index (χ2v) is 6.03. The lowest BCUT2D eigenvalue weighted by Crippen LogP contribution is -2.48. The number of nitrogens with zero attached hydrogens (tertiary/aromatic N) is 3. The van der Waals surface area contributed by atoms with Gasteiger partial charge in [-0.15, -0.1) is 0 Å². The van der Waals surface area contributed by atoms with Gasteiger partial charge in [0, 0.05) is 32.6 Å². The zero-order chi connectivity index (χ0) is 14.8. The molecule has 1 aromatic carbocycles. The van der Waals surface area contributed by atoms with Gasteiger partial charge in [-0.3, -0.25) is 4.79 Å². The first kappa shape index (κ1) is 14.1. The first-order valence-corrected chi connectivity index (χ1v) is 8.01. The van der Waals surface area contributed by atoms with Crippen LogP contribution in [-0.2, 0) is 4.79 Å². The molecule has 0 atom stereocenters. The van der Waals surface area contributed by atoms with Gasteiger partial charge in [-0.1, -0.05) is 24.3 Å². The van der Waals surface area contributed by atoms with Crippen LogP contribution < -0.4 is 9.64 Å². The molecule has 0 bridgehead atoms. The molecule has 1 amide bonds. The standard InChI is InChI=1S/C15H19N3O2S/c1-3-13(19)17-7-9-18(10-8-17)15-16-14-11(20-2)5-4-6-12(14)21-15/h4-6H,3,7-10H2,1-2H3. The lowest BCUT2D eigenvalue weighted by atomic mass is 10.3. The van der Waals surface area contributed by atoms with Crippen molar-refractivity contribution in [3.8, 4) is 5.75 Å². The summed E-state index contributed by atoms with van der Waals surface area (Å²) < 4.78 is 6.50. The van der Waals surface area contributed by atoms with Crippen LogP contribution in [0.1, 0.15) is 13.3 Å². The van der Waals surface area contributed by atoms with E-state index in [4.69, 9.17) is 9.72 Å². The molecule has 5 nitrogen and oxygen atoms in total. The highest BCUT2D eigenvalue weighted by molar-refractivity contribution is 7.22. The Hall–Kier alpha value is -1.82. The van der Waals surface area contributed by atoms with Crippen molar-refractivity contribution in [2.75, 3.05) is 38.2 Å². The lowest BCUT2D eigenvalue weighted by molar-refractivity contribution is -0.131. The van der Waals surface area contributed by atoms with E-state index >= 15 is 0 Å². The summed E-state index contributed by atoms with van der Waals surface area (Å²) in [6, 6.07) is 5.99. The molecule has 112 valence electrons. The molecule has 0 unspecified atom stereocenters. The lowest BCUT2D eigenvalue weighted by Gasteiger charge is -2.34. The van der Waals surface area contributed by atoms with Crippen LogP contribution in [0.25, 0.3) is 10.2 Å². The smallest absolute Gasteiger partial charge is 0.222 e. The third-order valence-corrected chi connectivity index (χ3v) is 4.88. The molecule has 0 aliphatic carbocycles. The third-order valence-electron chi connectivity index (χ3n) is 3.80. The normalized spacial score (nSPS) is 15.5. The van der Waals surface area contributed by atoms with E-state index in [1.54, 1.807) is 18.4 Å². The molecule has 0 spiro atoms. The average Bonchev–Trinajstić information content (AvgIpc) is 2.98. The molecule has 0 saturated carbocycles. The Kier molecular flexibility index (Phi) is 3.96. The van der Waals surface area contributed by atoms with Crippen molar-refractivity contribution in [3.05, 3.63) is 18.2 Å². The highest BCUT2D eigenvalue weighted by atomic mass is 32.1. The minimum Gasteiger partial charge on any atom is -0.494 e. The monoisotopic (exact) mass is 305 g/mol. The Bertz CT molecular complexity index is 647. The van der Waals surface area contributed by atoms with Gasteiger partial charge in [0.1, 0.15) is 11.3 Å². The summed E-state index contributed by atoms with van der Waals surface area (Å²) >= 11 is 1.68. The van der Waals surface area contributed by atoms with Gasteiger partial charge < -0.3 is 14.5 Å². The minimum absolute atomic E-state index is 0.237. The van der Waals surface area contributed by atoms with Gasteiger partial charge >= 0.3 is 0 Å². The Balaban J connectivity index is 1.78. The van der Waals surface area contributed by atoms with Gasteiger partial charge in [-0.05, 0) is 12.1 Å². The fraction of sp³-hybridized carbons (Fsp3) is 0.467. The van der Waals surface area contributed by atoms with E-state index in [1.165, 1.54) is 0 Å². The number of methoxy groups -OCH3 is 1. The van der Waals surface area contributed by atoms with Crippen molar-refractivity contribution < 1.29 is 9.53 Å². The molecule has 1 aromatic heterocycles. The number of carbonyl (C=O) groups excluding carboxylic acids is 1. The van der Waals surface area contributed by atoms with E-state index in [2.05, 4.69) is 11.0 Å². The SMILES string of the molecule is CCC(=O)N1CCN(c2nc3c(OC)cccc3s2)CC1. The molecule has 1 fully saturated rings. The second-order valence-electron chi connectivity index (χ2n) is 5.02. The van der Waals surface area contributed by atoms with Gasteiger partial charge in [0.25, 0.3) is 0 Å². The first-order valence-electron chi connectivity index (χ1n) is 7.19. The number of ether oxygens (including phenoxy) is 1. The highest BCUT2D eigenvalue weighted by Crippen LogP contribution is 2.34. The van der Waals surface area contributed by atoms with Gasteiger partial charge in [-0.2, -0.15) is 0 Å². The van der Waals surface area contributed by atoms with Crippen molar-refractivity contribution >= 4 is 32.6 Å². The molecule has 1 aliphatic heterocycles. The Morgan fingerprint density at radius 2 is 2.10 bits per heavy atom. The molecular formula is C15H19N3O2S. The molecule has 3 rings (SSSR count). The second kappa shape index (κ2) is 5.89. The summed E-state index contributed by atoms with van der Waals surface area (Å²) in [7, 11) is 1.67. The Labute approximate surface area is 128 Å². The van der Waals surface area contributed by atoms with E-state index in [0.717, 1.165) is 47.3 Å². The summed E-state index contributed by atoms with van der Waals surface area (Å²) in [6.07, 6.45) is 0.582. The van der Waals surface area contributed by atoms with Crippen LogP contribution in [0, 0.1) is 0 Å². The van der Waals surface area contributed by atoms with Crippen LogP contribution in [0.15, 0.2) is 18.2 Å². The third kappa shape index (κ3) is 2.68. The predicted molar refractivity (Wildman–Crippen MR) is 85.3 cm³/mol. The fourth-order valence-corrected chi connectivity index (χ4v) is 3.62. The number of anilines is 1. The van der Waals surface area contributed by atoms with Crippen LogP contribution in [0.5, 0.6) is 5.75 Å². The zero-order valence-electron chi connectivity index (χ0n) is 12.3. The van der Waals surface area contributed by atoms with Crippen LogP contribution in [0.3, 0.4) is 0 Å². The fourth-order valence-electron chi connectivity index (χ4n) is 2.58. The minimum atomic E-state index is 0.237. The number of carbonyl (C=O) groups is 1. The molecule has 0 N–H and O–H groups in total. The van der Waals surface area contributed by atoms with Crippen LogP contribution >= 0.6 is 11.3 Å². The van der Waals surface area contributed by atoms with Gasteiger partial charge in [0.2, 0.25) is 5.91 Å². The Morgan fingerprint density at radius 3 is 2.76 bits per heavy atom. The van der Waals surface area contributed by atoms with Crippen molar-refractivity contribution in [2.24, 2.45) is 0 Å². The summed E-state index contributed by atoms with van der Waals surface area (Å²) in [5, 5.41) is 1.01. The first-order chi connectivity index (χ1) is 10.2. The number of aromatic nitrogens is 1. The number of rotatable bonds is 3. The summed E-state index contributed by atoms with van der Waals surface area (Å²) in [6.45, 7) is 5.15. The molecule has 1 saturated heterocycles. The van der Waals surface area contributed by atoms with Crippen molar-refractivity contribution in [1.82, 2.24) is 9.88 Å². The average molecular weight is 305 g/mol. The van der Waals surface area contributed by atoms with Crippen LogP contribution in [0.4, 0.5) is 5.13 Å². The van der Waals surface area contributed by atoms with Gasteiger partial charge in [0.15, 0.2) is 5.13 Å². The number of hydrogen-bond acceptors (Lipinski definition) is 5. The van der Waals surface area contributed by atoms with Crippen molar-refractivity contribution in [2.45, 2.75) is 13.3 Å². The number of amides is 1. The number of hydrogen-bond donors (Lipinski definition) is 0. The number of benzene rings is 1.